The Labute approximate surface area is 160 Å². The van der Waals surface area contributed by atoms with Gasteiger partial charge in [-0.2, -0.15) is 0 Å². The Kier molecular flexibility index (Phi) is 5.01. The van der Waals surface area contributed by atoms with Crippen molar-refractivity contribution in [1.82, 2.24) is 4.90 Å². The molecule has 1 amide bonds. The number of benzene rings is 1. The van der Waals surface area contributed by atoms with Crippen molar-refractivity contribution in [2.45, 2.75) is 62.9 Å². The van der Waals surface area contributed by atoms with Crippen molar-refractivity contribution in [3.05, 3.63) is 29.8 Å². The molecule has 2 atom stereocenters. The first-order valence-electron chi connectivity index (χ1n) is 10.1. The number of carbonyl (C=O) groups is 1. The van der Waals surface area contributed by atoms with Crippen LogP contribution in [0.15, 0.2) is 24.3 Å². The van der Waals surface area contributed by atoms with Crippen LogP contribution in [0, 0.1) is 0 Å². The Hall–Kier alpha value is -1.47. The molecular weight excluding hydrogens is 344 g/mol. The Balaban J connectivity index is 1.35. The van der Waals surface area contributed by atoms with Gasteiger partial charge in [-0.05, 0) is 43.9 Å². The molecule has 6 nitrogen and oxygen atoms in total. The van der Waals surface area contributed by atoms with Crippen LogP contribution in [0.25, 0.3) is 0 Å². The number of likely N-dealkylation sites (tertiary alicyclic amines) is 1. The van der Waals surface area contributed by atoms with Gasteiger partial charge in [0.25, 0.3) is 0 Å². The summed E-state index contributed by atoms with van der Waals surface area (Å²) in [5.74, 6) is 0.214. The summed E-state index contributed by atoms with van der Waals surface area (Å²) in [7, 11) is 0. The highest BCUT2D eigenvalue weighted by molar-refractivity contribution is 5.95. The maximum Gasteiger partial charge on any atom is 0.227 e. The van der Waals surface area contributed by atoms with Crippen LogP contribution in [0.3, 0.4) is 0 Å². The topological polar surface area (TPSA) is 73.2 Å². The van der Waals surface area contributed by atoms with E-state index in [9.17, 15) is 15.0 Å². The van der Waals surface area contributed by atoms with Gasteiger partial charge in [0.1, 0.15) is 6.10 Å². The van der Waals surface area contributed by atoms with E-state index in [-0.39, 0.29) is 5.91 Å². The van der Waals surface area contributed by atoms with Crippen molar-refractivity contribution in [3.8, 4) is 0 Å². The molecule has 0 saturated carbocycles. The van der Waals surface area contributed by atoms with E-state index >= 15 is 0 Å². The maximum absolute atomic E-state index is 11.9. The number of piperidine rings is 1. The van der Waals surface area contributed by atoms with Crippen LogP contribution in [0.5, 0.6) is 0 Å². The van der Waals surface area contributed by atoms with Gasteiger partial charge in [0.15, 0.2) is 0 Å². The van der Waals surface area contributed by atoms with E-state index in [1.165, 1.54) is 5.56 Å². The monoisotopic (exact) mass is 374 g/mol. The second-order valence-corrected chi connectivity index (χ2v) is 8.51. The van der Waals surface area contributed by atoms with Crippen LogP contribution in [-0.4, -0.2) is 64.6 Å². The lowest BCUT2D eigenvalue weighted by Crippen LogP contribution is -2.64. The van der Waals surface area contributed by atoms with Gasteiger partial charge in [-0.1, -0.05) is 12.1 Å². The molecule has 0 unspecified atom stereocenters. The van der Waals surface area contributed by atoms with Crippen molar-refractivity contribution in [3.63, 3.8) is 0 Å². The van der Waals surface area contributed by atoms with Crippen LogP contribution in [0.2, 0.25) is 0 Å². The summed E-state index contributed by atoms with van der Waals surface area (Å²) in [5, 5.41) is 21.0. The second-order valence-electron chi connectivity index (χ2n) is 8.51. The lowest BCUT2D eigenvalue weighted by molar-refractivity contribution is -0.246. The fourth-order valence-corrected chi connectivity index (χ4v) is 4.71. The van der Waals surface area contributed by atoms with Gasteiger partial charge in [0.05, 0.1) is 17.8 Å². The minimum absolute atomic E-state index is 0.214. The number of hydrogen-bond acceptors (Lipinski definition) is 5. The van der Waals surface area contributed by atoms with E-state index in [1.807, 2.05) is 17.0 Å². The van der Waals surface area contributed by atoms with Crippen LogP contribution >= 0.6 is 0 Å². The zero-order valence-electron chi connectivity index (χ0n) is 16.1. The molecule has 27 heavy (non-hydrogen) atoms. The molecule has 2 N–H and O–H groups in total. The second kappa shape index (κ2) is 7.17. The minimum atomic E-state index is -1.07. The Bertz CT molecular complexity index is 680. The molecule has 3 aliphatic rings. The number of ether oxygens (including phenoxy) is 1. The molecule has 3 saturated heterocycles. The average molecular weight is 374 g/mol. The van der Waals surface area contributed by atoms with Gasteiger partial charge in [0, 0.05) is 44.7 Å². The molecule has 0 bridgehead atoms. The molecule has 0 radical (unpaired) electrons. The number of anilines is 1. The highest BCUT2D eigenvalue weighted by Gasteiger charge is 2.52. The maximum atomic E-state index is 11.9. The molecule has 1 spiro atoms. The number of aliphatic hydroxyl groups excluding tert-OH is 1. The van der Waals surface area contributed by atoms with E-state index in [1.54, 1.807) is 6.92 Å². The van der Waals surface area contributed by atoms with Gasteiger partial charge in [-0.15, -0.1) is 0 Å². The summed E-state index contributed by atoms with van der Waals surface area (Å²) in [6, 6.07) is 8.27. The first-order chi connectivity index (χ1) is 12.9. The molecule has 148 valence electrons. The number of rotatable bonds is 3. The number of aliphatic hydroxyl groups is 2. The molecule has 3 aliphatic heterocycles. The van der Waals surface area contributed by atoms with E-state index in [4.69, 9.17) is 4.74 Å². The number of nitrogens with zero attached hydrogens (tertiary/aromatic N) is 2. The fraction of sp³-hybridized carbons (Fsp3) is 0.667. The van der Waals surface area contributed by atoms with Crippen molar-refractivity contribution in [1.29, 1.82) is 0 Å². The van der Waals surface area contributed by atoms with Crippen LogP contribution < -0.4 is 4.90 Å². The molecule has 3 fully saturated rings. The third-order valence-corrected chi connectivity index (χ3v) is 6.52. The highest BCUT2D eigenvalue weighted by atomic mass is 16.5. The Morgan fingerprint density at radius 2 is 1.85 bits per heavy atom. The molecule has 4 rings (SSSR count). The van der Waals surface area contributed by atoms with E-state index in [0.29, 0.717) is 19.4 Å². The fourth-order valence-electron chi connectivity index (χ4n) is 4.71. The smallest absolute Gasteiger partial charge is 0.227 e. The first-order valence-corrected chi connectivity index (χ1v) is 10.1. The van der Waals surface area contributed by atoms with Gasteiger partial charge < -0.3 is 19.8 Å². The predicted molar refractivity (Wildman–Crippen MR) is 102 cm³/mol. The third-order valence-electron chi connectivity index (χ3n) is 6.52. The lowest BCUT2D eigenvalue weighted by atomic mass is 9.75. The molecule has 0 aliphatic carbocycles. The summed E-state index contributed by atoms with van der Waals surface area (Å²) >= 11 is 0. The highest BCUT2D eigenvalue weighted by Crippen LogP contribution is 2.40. The number of hydrogen-bond donors (Lipinski definition) is 2. The third kappa shape index (κ3) is 3.63. The summed E-state index contributed by atoms with van der Waals surface area (Å²) in [6.07, 6.45) is 2.69. The van der Waals surface area contributed by atoms with Gasteiger partial charge in [0.2, 0.25) is 5.91 Å². The summed E-state index contributed by atoms with van der Waals surface area (Å²) in [6.45, 7) is 5.54. The van der Waals surface area contributed by atoms with Crippen molar-refractivity contribution in [2.24, 2.45) is 0 Å². The lowest BCUT2D eigenvalue weighted by Gasteiger charge is -2.51. The summed E-state index contributed by atoms with van der Waals surface area (Å²) < 4.78 is 5.96. The Morgan fingerprint density at radius 3 is 2.48 bits per heavy atom. The predicted octanol–water partition coefficient (Wildman–Crippen LogP) is 1.68. The average Bonchev–Trinajstić information content (AvgIpc) is 3.08. The summed E-state index contributed by atoms with van der Waals surface area (Å²) in [4.78, 5) is 16.1. The molecule has 1 aromatic carbocycles. The number of carbonyl (C=O) groups excluding carboxylic acids is 1. The molecule has 0 aromatic heterocycles. The van der Waals surface area contributed by atoms with E-state index < -0.39 is 17.3 Å². The van der Waals surface area contributed by atoms with Crippen LogP contribution in [-0.2, 0) is 16.1 Å². The van der Waals surface area contributed by atoms with Gasteiger partial charge in [-0.25, -0.2) is 0 Å². The zero-order valence-corrected chi connectivity index (χ0v) is 16.1. The van der Waals surface area contributed by atoms with Crippen LogP contribution in [0.4, 0.5) is 5.69 Å². The van der Waals surface area contributed by atoms with Crippen LogP contribution in [0.1, 0.15) is 44.6 Å². The molecular formula is C21H30N2O4. The van der Waals surface area contributed by atoms with E-state index in [2.05, 4.69) is 17.0 Å². The standard InChI is InChI=1S/C21H30N2O4/c1-20(26)10-14-27-21(19(20)25)8-12-22(13-9-21)15-16-4-6-17(7-5-16)23-11-2-3-18(23)24/h4-7,19,25-26H,2-3,8-15H2,1H3/t19-,20+/m0/s1. The molecule has 1 aromatic rings. The quantitative estimate of drug-likeness (QED) is 0.842. The Morgan fingerprint density at radius 1 is 1.15 bits per heavy atom. The largest absolute Gasteiger partial charge is 0.387 e. The van der Waals surface area contributed by atoms with Crippen molar-refractivity contribution in [2.75, 3.05) is 31.1 Å². The van der Waals surface area contributed by atoms with E-state index in [0.717, 1.165) is 51.1 Å². The molecule has 6 heteroatoms. The molecule has 3 heterocycles. The first kappa shape index (κ1) is 18.9. The van der Waals surface area contributed by atoms with Crippen molar-refractivity contribution >= 4 is 11.6 Å². The van der Waals surface area contributed by atoms with Gasteiger partial charge in [-0.3, -0.25) is 9.69 Å². The summed E-state index contributed by atoms with van der Waals surface area (Å²) in [5.41, 5.74) is 0.528. The minimum Gasteiger partial charge on any atom is -0.387 e. The van der Waals surface area contributed by atoms with Gasteiger partial charge >= 0.3 is 0 Å². The normalized spacial score (nSPS) is 31.6. The van der Waals surface area contributed by atoms with Crippen molar-refractivity contribution < 1.29 is 19.7 Å². The number of amides is 1. The zero-order chi connectivity index (χ0) is 19.1. The SMILES string of the molecule is C[C@@]1(O)CCOC2(CCN(Cc3ccc(N4CCCC4=O)cc3)CC2)[C@H]1O.